The number of hydrogen-bond donors (Lipinski definition) is 2. The SMILES string of the molecule is Cc1nc(N)c2nc(-c3cc(C#C[C@]4(O)CCN(C)C4=O)ccc3OC(F)(F)F)ccc2n1. The highest BCUT2D eigenvalue weighted by molar-refractivity contribution is 5.90. The summed E-state index contributed by atoms with van der Waals surface area (Å²) < 4.78 is 43.2. The van der Waals surface area contributed by atoms with Crippen LogP contribution in [0.1, 0.15) is 17.8 Å². The monoisotopic (exact) mass is 457 g/mol. The van der Waals surface area contributed by atoms with Gasteiger partial charge in [0.2, 0.25) is 5.60 Å². The van der Waals surface area contributed by atoms with Crippen molar-refractivity contribution < 1.29 is 27.8 Å². The number of aliphatic hydroxyl groups is 1. The molecule has 2 aromatic heterocycles. The number of rotatable bonds is 2. The van der Waals surface area contributed by atoms with E-state index < -0.39 is 23.6 Å². The van der Waals surface area contributed by atoms with Crippen molar-refractivity contribution in [2.45, 2.75) is 25.3 Å². The first-order valence-electron chi connectivity index (χ1n) is 9.77. The lowest BCUT2D eigenvalue weighted by Crippen LogP contribution is -2.37. The van der Waals surface area contributed by atoms with Gasteiger partial charge in [-0.15, -0.1) is 13.2 Å². The molecule has 3 aromatic rings. The molecule has 170 valence electrons. The number of benzene rings is 1. The summed E-state index contributed by atoms with van der Waals surface area (Å²) >= 11 is 0. The third kappa shape index (κ3) is 4.51. The zero-order valence-corrected chi connectivity index (χ0v) is 17.6. The predicted molar refractivity (Wildman–Crippen MR) is 113 cm³/mol. The largest absolute Gasteiger partial charge is 0.573 e. The van der Waals surface area contributed by atoms with Crippen LogP contribution in [-0.4, -0.2) is 56.4 Å². The molecule has 1 saturated heterocycles. The van der Waals surface area contributed by atoms with Gasteiger partial charge in [0.1, 0.15) is 17.1 Å². The zero-order chi connectivity index (χ0) is 24.0. The van der Waals surface area contributed by atoms with Crippen LogP contribution in [0.25, 0.3) is 22.3 Å². The summed E-state index contributed by atoms with van der Waals surface area (Å²) in [5.41, 5.74) is 5.10. The normalized spacial score (nSPS) is 18.4. The molecule has 3 heterocycles. The van der Waals surface area contributed by atoms with E-state index in [2.05, 4.69) is 31.5 Å². The molecular formula is C22H18F3N5O3. The number of pyridine rings is 1. The van der Waals surface area contributed by atoms with Gasteiger partial charge >= 0.3 is 6.36 Å². The van der Waals surface area contributed by atoms with Crippen LogP contribution >= 0.6 is 0 Å². The number of nitrogens with zero attached hydrogens (tertiary/aromatic N) is 4. The van der Waals surface area contributed by atoms with Gasteiger partial charge in [-0.05, 0) is 37.3 Å². The van der Waals surface area contributed by atoms with E-state index in [9.17, 15) is 23.1 Å². The molecule has 1 aliphatic heterocycles. The Bertz CT molecular complexity index is 1330. The van der Waals surface area contributed by atoms with Crippen LogP contribution in [0.3, 0.4) is 0 Å². The molecule has 8 nitrogen and oxygen atoms in total. The first-order valence-corrected chi connectivity index (χ1v) is 9.77. The van der Waals surface area contributed by atoms with Crippen molar-refractivity contribution in [3.05, 3.63) is 41.7 Å². The Morgan fingerprint density at radius 1 is 1.21 bits per heavy atom. The molecular weight excluding hydrogens is 439 g/mol. The summed E-state index contributed by atoms with van der Waals surface area (Å²) in [6.45, 7) is 2.00. The molecule has 0 spiro atoms. The highest BCUT2D eigenvalue weighted by Gasteiger charge is 2.42. The number of aryl methyl sites for hydroxylation is 1. The minimum Gasteiger partial charge on any atom is -0.405 e. The average molecular weight is 457 g/mol. The van der Waals surface area contributed by atoms with E-state index >= 15 is 0 Å². The molecule has 11 heteroatoms. The van der Waals surface area contributed by atoms with Gasteiger partial charge in [-0.1, -0.05) is 11.8 Å². The molecule has 0 bridgehead atoms. The van der Waals surface area contributed by atoms with Crippen molar-refractivity contribution in [3.63, 3.8) is 0 Å². The fourth-order valence-corrected chi connectivity index (χ4v) is 3.47. The number of hydrogen-bond acceptors (Lipinski definition) is 7. The lowest BCUT2D eigenvalue weighted by molar-refractivity contribution is -0.274. The van der Waals surface area contributed by atoms with Gasteiger partial charge in [-0.2, -0.15) is 0 Å². The van der Waals surface area contributed by atoms with E-state index in [-0.39, 0.29) is 34.6 Å². The summed E-state index contributed by atoms with van der Waals surface area (Å²) in [5, 5.41) is 10.5. The number of fused-ring (bicyclic) bond motifs is 1. The van der Waals surface area contributed by atoms with E-state index in [1.54, 1.807) is 20.0 Å². The van der Waals surface area contributed by atoms with E-state index in [4.69, 9.17) is 5.73 Å². The van der Waals surface area contributed by atoms with E-state index in [0.717, 1.165) is 6.07 Å². The minimum atomic E-state index is -4.94. The van der Waals surface area contributed by atoms with Crippen LogP contribution in [0.5, 0.6) is 5.75 Å². The van der Waals surface area contributed by atoms with Crippen LogP contribution < -0.4 is 10.5 Å². The summed E-state index contributed by atoms with van der Waals surface area (Å²) in [4.78, 5) is 26.1. The van der Waals surface area contributed by atoms with E-state index in [0.29, 0.717) is 17.9 Å². The smallest absolute Gasteiger partial charge is 0.405 e. The number of carbonyl (C=O) groups is 1. The second-order valence-corrected chi connectivity index (χ2v) is 7.57. The van der Waals surface area contributed by atoms with Crippen LogP contribution in [-0.2, 0) is 4.79 Å². The molecule has 4 rings (SSSR count). The van der Waals surface area contributed by atoms with Crippen molar-refractivity contribution in [2.75, 3.05) is 19.3 Å². The number of aromatic nitrogens is 3. The summed E-state index contributed by atoms with van der Waals surface area (Å²) in [6.07, 6.45) is -4.81. The Morgan fingerprint density at radius 2 is 1.97 bits per heavy atom. The minimum absolute atomic E-state index is 0.0112. The second kappa shape index (κ2) is 7.90. The first kappa shape index (κ1) is 22.3. The number of ether oxygens (including phenoxy) is 1. The number of nitrogens with two attached hydrogens (primary N) is 1. The second-order valence-electron chi connectivity index (χ2n) is 7.57. The molecule has 1 aromatic carbocycles. The van der Waals surface area contributed by atoms with Crippen molar-refractivity contribution in [2.24, 2.45) is 0 Å². The maximum absolute atomic E-state index is 13.0. The van der Waals surface area contributed by atoms with Crippen molar-refractivity contribution in [1.82, 2.24) is 19.9 Å². The zero-order valence-electron chi connectivity index (χ0n) is 17.6. The fourth-order valence-electron chi connectivity index (χ4n) is 3.47. The molecule has 1 aliphatic rings. The quantitative estimate of drug-likeness (QED) is 0.568. The topological polar surface area (TPSA) is 114 Å². The number of carbonyl (C=O) groups excluding carboxylic acids is 1. The Balaban J connectivity index is 1.81. The lowest BCUT2D eigenvalue weighted by Gasteiger charge is -2.15. The maximum Gasteiger partial charge on any atom is 0.573 e. The Labute approximate surface area is 186 Å². The van der Waals surface area contributed by atoms with Crippen molar-refractivity contribution in [3.8, 4) is 28.8 Å². The molecule has 0 aliphatic carbocycles. The number of alkyl halides is 3. The highest BCUT2D eigenvalue weighted by atomic mass is 19.4. The van der Waals surface area contributed by atoms with Crippen LogP contribution in [0.4, 0.5) is 19.0 Å². The molecule has 1 atom stereocenters. The van der Waals surface area contributed by atoms with Gasteiger partial charge in [0, 0.05) is 31.1 Å². The molecule has 33 heavy (non-hydrogen) atoms. The standard InChI is InChI=1S/C22H18F3N5O3/c1-12-27-16-5-4-15(29-18(16)19(26)28-12)14-11-13(3-6-17(14)33-22(23,24)25)7-8-21(32)9-10-30(2)20(21)31/h3-6,11,32H,9-10H2,1-2H3,(H2,26,27,28)/t21-/m0/s1. The number of halogens is 3. The summed E-state index contributed by atoms with van der Waals surface area (Å²) in [7, 11) is 1.55. The number of nitrogen functional groups attached to an aromatic ring is 1. The van der Waals surface area contributed by atoms with Gasteiger partial charge in [0.25, 0.3) is 5.91 Å². The maximum atomic E-state index is 13.0. The Kier molecular flexibility index (Phi) is 5.33. The summed E-state index contributed by atoms with van der Waals surface area (Å²) in [5.74, 6) is 4.69. The fraction of sp³-hybridized carbons (Fsp3) is 0.273. The van der Waals surface area contributed by atoms with E-state index in [1.165, 1.54) is 23.1 Å². The molecule has 0 saturated carbocycles. The number of anilines is 1. The third-order valence-corrected chi connectivity index (χ3v) is 5.09. The van der Waals surface area contributed by atoms with Gasteiger partial charge in [0.15, 0.2) is 5.82 Å². The molecule has 0 unspecified atom stereocenters. The Morgan fingerprint density at radius 3 is 2.64 bits per heavy atom. The Hall–Kier alpha value is -3.91. The third-order valence-electron chi connectivity index (χ3n) is 5.09. The number of likely N-dealkylation sites (N-methyl/N-ethyl adjacent to an activating group) is 1. The summed E-state index contributed by atoms with van der Waals surface area (Å²) in [6, 6.07) is 6.77. The predicted octanol–water partition coefficient (Wildman–Crippen LogP) is 2.43. The molecule has 0 radical (unpaired) electrons. The number of likely N-dealkylation sites (tertiary alicyclic amines) is 1. The van der Waals surface area contributed by atoms with Crippen molar-refractivity contribution in [1.29, 1.82) is 0 Å². The van der Waals surface area contributed by atoms with Gasteiger partial charge in [-0.3, -0.25) is 4.79 Å². The van der Waals surface area contributed by atoms with Gasteiger partial charge in [0.05, 0.1) is 11.2 Å². The van der Waals surface area contributed by atoms with Gasteiger partial charge in [-0.25, -0.2) is 15.0 Å². The van der Waals surface area contributed by atoms with Crippen LogP contribution in [0.15, 0.2) is 30.3 Å². The van der Waals surface area contributed by atoms with Gasteiger partial charge < -0.3 is 20.5 Å². The molecule has 3 N–H and O–H groups in total. The highest BCUT2D eigenvalue weighted by Crippen LogP contribution is 2.35. The average Bonchev–Trinajstić information content (AvgIpc) is 2.99. The first-order chi connectivity index (χ1) is 15.4. The lowest BCUT2D eigenvalue weighted by atomic mass is 10.0. The van der Waals surface area contributed by atoms with E-state index in [1.807, 2.05) is 0 Å². The van der Waals surface area contributed by atoms with Crippen LogP contribution in [0.2, 0.25) is 0 Å². The number of amides is 1. The van der Waals surface area contributed by atoms with Crippen molar-refractivity contribution >= 4 is 22.8 Å². The van der Waals surface area contributed by atoms with Crippen LogP contribution in [0, 0.1) is 18.8 Å². The molecule has 1 fully saturated rings. The molecule has 1 amide bonds.